The summed E-state index contributed by atoms with van der Waals surface area (Å²) < 4.78 is 16.5. The Morgan fingerprint density at radius 1 is 1.12 bits per heavy atom. The molecule has 5 rings (SSSR count). The molecule has 2 fully saturated rings. The van der Waals surface area contributed by atoms with Gasteiger partial charge in [-0.2, -0.15) is 0 Å². The third-order valence-corrected chi connectivity index (χ3v) is 7.80. The van der Waals surface area contributed by atoms with Crippen molar-refractivity contribution < 1.29 is 24.1 Å². The van der Waals surface area contributed by atoms with E-state index in [0.29, 0.717) is 94.6 Å². The van der Waals surface area contributed by atoms with Crippen LogP contribution in [0.5, 0.6) is 11.5 Å². The number of hydrogen-bond acceptors (Lipinski definition) is 10. The van der Waals surface area contributed by atoms with Gasteiger partial charge in [-0.25, -0.2) is 15.0 Å². The minimum Gasteiger partial charge on any atom is -0.495 e. The summed E-state index contributed by atoms with van der Waals surface area (Å²) in [5.41, 5.74) is 1.58. The van der Waals surface area contributed by atoms with Crippen LogP contribution in [0.2, 0.25) is 10.0 Å². The lowest BCUT2D eigenvalue weighted by Crippen LogP contribution is -2.45. The number of aliphatic hydroxyl groups is 1. The number of methoxy groups -OCH3 is 2. The van der Waals surface area contributed by atoms with Crippen molar-refractivity contribution in [1.29, 1.82) is 0 Å². The van der Waals surface area contributed by atoms with E-state index >= 15 is 0 Å². The number of hydrogen-bond donors (Lipinski definition) is 3. The molecule has 0 unspecified atom stereocenters. The topological polar surface area (TPSA) is 131 Å². The summed E-state index contributed by atoms with van der Waals surface area (Å²) in [6.07, 6.45) is 3.76. The molecule has 2 aliphatic heterocycles. The zero-order valence-electron chi connectivity index (χ0n) is 22.1. The third kappa shape index (κ3) is 5.60. The number of pyridine rings is 1. The molecule has 0 bridgehead atoms. The van der Waals surface area contributed by atoms with Gasteiger partial charge in [0.25, 0.3) is 0 Å². The number of nitrogens with one attached hydrogen (secondary N) is 2. The average molecular weight is 589 g/mol. The smallest absolute Gasteiger partial charge is 0.243 e. The first-order chi connectivity index (χ1) is 19.3. The molecule has 0 radical (unpaired) electrons. The second-order valence-electron chi connectivity index (χ2n) is 9.57. The van der Waals surface area contributed by atoms with Crippen LogP contribution < -0.4 is 25.0 Å². The van der Waals surface area contributed by atoms with Gasteiger partial charge in [0.05, 0.1) is 61.4 Å². The van der Waals surface area contributed by atoms with E-state index < -0.39 is 0 Å². The van der Waals surface area contributed by atoms with Gasteiger partial charge in [0.2, 0.25) is 11.9 Å². The first kappa shape index (κ1) is 28.2. The Labute approximate surface area is 241 Å². The molecule has 3 N–H and O–H groups in total. The molecule has 2 saturated heterocycles. The van der Waals surface area contributed by atoms with Gasteiger partial charge in [0, 0.05) is 36.3 Å². The van der Waals surface area contributed by atoms with Gasteiger partial charge in [-0.05, 0) is 25.0 Å². The van der Waals surface area contributed by atoms with Gasteiger partial charge < -0.3 is 34.9 Å². The molecule has 0 spiro atoms. The number of halogens is 2. The van der Waals surface area contributed by atoms with Crippen LogP contribution in [0.1, 0.15) is 12.8 Å². The van der Waals surface area contributed by atoms with Crippen LogP contribution in [-0.2, 0) is 9.53 Å². The number of amides is 1. The molecule has 11 nitrogen and oxygen atoms in total. The third-order valence-electron chi connectivity index (χ3n) is 7.05. The monoisotopic (exact) mass is 588 g/mol. The molecule has 4 heterocycles. The molecule has 1 amide bonds. The van der Waals surface area contributed by atoms with Gasteiger partial charge in [-0.15, -0.1) is 0 Å². The van der Waals surface area contributed by atoms with Gasteiger partial charge in [-0.3, -0.25) is 4.79 Å². The normalized spacial score (nSPS) is 19.5. The van der Waals surface area contributed by atoms with Crippen LogP contribution in [-0.4, -0.2) is 84.7 Å². The van der Waals surface area contributed by atoms with Crippen LogP contribution in [0.4, 0.5) is 11.8 Å². The van der Waals surface area contributed by atoms with E-state index in [1.54, 1.807) is 12.3 Å². The van der Waals surface area contributed by atoms with Crippen molar-refractivity contribution in [3.63, 3.8) is 0 Å². The van der Waals surface area contributed by atoms with Crippen molar-refractivity contribution >= 4 is 51.8 Å². The number of nitrogens with zero attached hydrogens (tertiary/aromatic N) is 4. The number of fused-ring (bicyclic) bond motifs is 1. The highest BCUT2D eigenvalue weighted by Gasteiger charge is 2.30. The molecule has 0 aliphatic carbocycles. The summed E-state index contributed by atoms with van der Waals surface area (Å²) >= 11 is 13.5. The molecule has 40 heavy (non-hydrogen) atoms. The Kier molecular flexibility index (Phi) is 8.46. The predicted molar refractivity (Wildman–Crippen MR) is 154 cm³/mol. The van der Waals surface area contributed by atoms with E-state index in [1.807, 2.05) is 6.07 Å². The van der Waals surface area contributed by atoms with Crippen LogP contribution in [0.3, 0.4) is 0 Å². The second kappa shape index (κ2) is 12.0. The summed E-state index contributed by atoms with van der Waals surface area (Å²) in [5.74, 6) is 1.50. The first-order valence-electron chi connectivity index (χ1n) is 12.8. The van der Waals surface area contributed by atoms with E-state index in [1.165, 1.54) is 20.3 Å². The standard InChI is InChI=1S/C27H30Cl2N6O5/c1-4-21(37)31-17-12-40-13-18(17)33-27-30-11-14-9-16(22-23(28)19(38-2)10-20(39-3)24(22)29)32-26(25(14)34-27)35-7-5-15(36)6-8-35/h4,9-11,15,17-18,36H,1,5-8,12-13H2,2-3H3,(H,31,37)(H,30,33,34)/t17-,18+/m0/s1. The Hall–Kier alpha value is -3.38. The van der Waals surface area contributed by atoms with Gasteiger partial charge in [0.15, 0.2) is 5.82 Å². The van der Waals surface area contributed by atoms with Gasteiger partial charge in [-0.1, -0.05) is 29.8 Å². The Morgan fingerprint density at radius 3 is 2.45 bits per heavy atom. The largest absolute Gasteiger partial charge is 0.495 e. The molecule has 0 saturated carbocycles. The average Bonchev–Trinajstić information content (AvgIpc) is 3.39. The Balaban J connectivity index is 1.59. The quantitative estimate of drug-likeness (QED) is 0.336. The van der Waals surface area contributed by atoms with Crippen molar-refractivity contribution in [3.8, 4) is 22.8 Å². The highest BCUT2D eigenvalue weighted by molar-refractivity contribution is 6.41. The lowest BCUT2D eigenvalue weighted by atomic mass is 10.1. The number of carbonyl (C=O) groups is 1. The SMILES string of the molecule is C=CC(=O)N[C@H]1COC[C@H]1Nc1ncc2cc(-c3c(Cl)c(OC)cc(OC)c3Cl)nc(N3CCC(O)CC3)c2n1. The zero-order valence-corrected chi connectivity index (χ0v) is 23.6. The van der Waals surface area contributed by atoms with E-state index in [0.717, 1.165) is 0 Å². The van der Waals surface area contributed by atoms with Crippen molar-refractivity contribution in [1.82, 2.24) is 20.3 Å². The number of rotatable bonds is 8. The van der Waals surface area contributed by atoms with E-state index in [2.05, 4.69) is 27.1 Å². The van der Waals surface area contributed by atoms with Crippen molar-refractivity contribution in [2.24, 2.45) is 0 Å². The number of piperidine rings is 1. The highest BCUT2D eigenvalue weighted by atomic mass is 35.5. The molecule has 2 aromatic heterocycles. The molecular formula is C27H30Cl2N6O5. The predicted octanol–water partition coefficient (Wildman–Crippen LogP) is 3.46. The molecule has 212 valence electrons. The maximum Gasteiger partial charge on any atom is 0.243 e. The molecular weight excluding hydrogens is 559 g/mol. The maximum absolute atomic E-state index is 11.9. The van der Waals surface area contributed by atoms with E-state index in [4.69, 9.17) is 47.4 Å². The summed E-state index contributed by atoms with van der Waals surface area (Å²) in [7, 11) is 3.03. The van der Waals surface area contributed by atoms with Crippen molar-refractivity contribution in [3.05, 3.63) is 41.0 Å². The summed E-state index contributed by atoms with van der Waals surface area (Å²) in [5, 5.41) is 17.6. The Morgan fingerprint density at radius 2 is 1.80 bits per heavy atom. The fourth-order valence-corrected chi connectivity index (χ4v) is 5.57. The van der Waals surface area contributed by atoms with Crippen LogP contribution >= 0.6 is 23.2 Å². The molecule has 1 aromatic carbocycles. The first-order valence-corrected chi connectivity index (χ1v) is 13.6. The lowest BCUT2D eigenvalue weighted by Gasteiger charge is -2.31. The minimum absolute atomic E-state index is 0.232. The molecule has 2 atom stereocenters. The Bertz CT molecular complexity index is 1400. The number of benzene rings is 1. The molecule has 3 aromatic rings. The fourth-order valence-electron chi connectivity index (χ4n) is 4.88. The number of carbonyl (C=O) groups excluding carboxylic acids is 1. The van der Waals surface area contributed by atoms with Crippen molar-refractivity contribution in [2.45, 2.75) is 31.0 Å². The zero-order chi connectivity index (χ0) is 28.4. The van der Waals surface area contributed by atoms with Gasteiger partial charge >= 0.3 is 0 Å². The van der Waals surface area contributed by atoms with Crippen molar-refractivity contribution in [2.75, 3.05) is 50.7 Å². The summed E-state index contributed by atoms with van der Waals surface area (Å²) in [4.78, 5) is 28.3. The minimum atomic E-state index is -0.367. The second-order valence-corrected chi connectivity index (χ2v) is 10.3. The van der Waals surface area contributed by atoms with Crippen LogP contribution in [0, 0.1) is 0 Å². The summed E-state index contributed by atoms with van der Waals surface area (Å²) in [6, 6.07) is 2.95. The van der Waals surface area contributed by atoms with Gasteiger partial charge in [0.1, 0.15) is 17.0 Å². The fraction of sp³-hybridized carbons (Fsp3) is 0.407. The number of aliphatic hydroxyl groups excluding tert-OH is 1. The maximum atomic E-state index is 11.9. The number of aromatic nitrogens is 3. The lowest BCUT2D eigenvalue weighted by molar-refractivity contribution is -0.117. The van der Waals surface area contributed by atoms with E-state index in [-0.39, 0.29) is 24.1 Å². The summed E-state index contributed by atoms with van der Waals surface area (Å²) in [6.45, 7) is 5.44. The number of ether oxygens (including phenoxy) is 3. The molecule has 2 aliphatic rings. The van der Waals surface area contributed by atoms with Crippen LogP contribution in [0.15, 0.2) is 31.0 Å². The molecule has 13 heteroatoms. The highest BCUT2D eigenvalue weighted by Crippen LogP contribution is 2.46. The van der Waals surface area contributed by atoms with Crippen LogP contribution in [0.25, 0.3) is 22.2 Å². The number of anilines is 2. The van der Waals surface area contributed by atoms with E-state index in [9.17, 15) is 9.90 Å².